The van der Waals surface area contributed by atoms with E-state index < -0.39 is 21.7 Å². The predicted molar refractivity (Wildman–Crippen MR) is 109 cm³/mol. The monoisotopic (exact) mass is 484 g/mol. The van der Waals surface area contributed by atoms with Gasteiger partial charge in [-0.15, -0.1) is 4.40 Å². The standard InChI is InChI=1S/C19H12BrClF2N2O2S/c20-13-3-10-18(17(23)11-13)24-19(12-1-6-15(22)7-2-12)25-28(26,27)16-8-4-14(21)5-9-16/h1-11H,(H,24,25). The van der Waals surface area contributed by atoms with Crippen LogP contribution in [0.2, 0.25) is 5.02 Å². The zero-order valence-corrected chi connectivity index (χ0v) is 17.2. The lowest BCUT2D eigenvalue weighted by molar-refractivity contribution is 0.598. The summed E-state index contributed by atoms with van der Waals surface area (Å²) in [6.07, 6.45) is 0. The zero-order valence-electron chi connectivity index (χ0n) is 14.0. The van der Waals surface area contributed by atoms with E-state index in [-0.39, 0.29) is 22.0 Å². The van der Waals surface area contributed by atoms with E-state index in [0.717, 1.165) is 12.1 Å². The van der Waals surface area contributed by atoms with E-state index in [1.807, 2.05) is 0 Å². The molecule has 0 fully saturated rings. The molecule has 0 saturated heterocycles. The average molecular weight is 486 g/mol. The summed E-state index contributed by atoms with van der Waals surface area (Å²) in [7, 11) is -4.13. The van der Waals surface area contributed by atoms with Gasteiger partial charge in [0.15, 0.2) is 5.84 Å². The molecular formula is C19H12BrClF2N2O2S. The molecule has 0 aliphatic heterocycles. The van der Waals surface area contributed by atoms with Gasteiger partial charge in [-0.1, -0.05) is 27.5 Å². The van der Waals surface area contributed by atoms with Gasteiger partial charge in [-0.25, -0.2) is 8.78 Å². The van der Waals surface area contributed by atoms with Crippen molar-refractivity contribution in [3.8, 4) is 0 Å². The summed E-state index contributed by atoms with van der Waals surface area (Å²) in [6, 6.07) is 14.7. The van der Waals surface area contributed by atoms with Crippen molar-refractivity contribution in [1.29, 1.82) is 0 Å². The summed E-state index contributed by atoms with van der Waals surface area (Å²) < 4.78 is 57.2. The summed E-state index contributed by atoms with van der Waals surface area (Å²) >= 11 is 8.95. The fraction of sp³-hybridized carbons (Fsp3) is 0. The molecule has 3 aromatic rings. The maximum atomic E-state index is 14.2. The van der Waals surface area contributed by atoms with E-state index in [1.54, 1.807) is 6.07 Å². The first kappa shape index (κ1) is 20.4. The van der Waals surface area contributed by atoms with E-state index in [0.29, 0.717) is 9.50 Å². The van der Waals surface area contributed by atoms with E-state index in [1.165, 1.54) is 48.5 Å². The third-order valence-electron chi connectivity index (χ3n) is 3.62. The Bertz CT molecular complexity index is 1140. The Morgan fingerprint density at radius 2 is 1.61 bits per heavy atom. The lowest BCUT2D eigenvalue weighted by Crippen LogP contribution is -2.17. The summed E-state index contributed by atoms with van der Waals surface area (Å²) in [4.78, 5) is -0.0883. The van der Waals surface area contributed by atoms with Crippen LogP contribution in [0.25, 0.3) is 0 Å². The van der Waals surface area contributed by atoms with Crippen molar-refractivity contribution in [2.24, 2.45) is 4.40 Å². The van der Waals surface area contributed by atoms with Gasteiger partial charge in [0.05, 0.1) is 10.6 Å². The van der Waals surface area contributed by atoms with E-state index in [9.17, 15) is 17.2 Å². The SMILES string of the molecule is O=S(=O)(/N=C(\Nc1ccc(Br)cc1F)c1ccc(F)cc1)c1ccc(Cl)cc1. The normalized spacial score (nSPS) is 12.1. The lowest BCUT2D eigenvalue weighted by Gasteiger charge is -2.12. The van der Waals surface area contributed by atoms with Crippen LogP contribution in [0.4, 0.5) is 14.5 Å². The van der Waals surface area contributed by atoms with Gasteiger partial charge < -0.3 is 5.32 Å². The third-order valence-corrected chi connectivity index (χ3v) is 5.66. The number of rotatable bonds is 4. The first-order chi connectivity index (χ1) is 13.2. The van der Waals surface area contributed by atoms with Crippen molar-refractivity contribution in [2.75, 3.05) is 5.32 Å². The van der Waals surface area contributed by atoms with Crippen LogP contribution in [0.5, 0.6) is 0 Å². The van der Waals surface area contributed by atoms with Crippen molar-refractivity contribution in [2.45, 2.75) is 4.90 Å². The molecule has 0 unspecified atom stereocenters. The highest BCUT2D eigenvalue weighted by Crippen LogP contribution is 2.22. The van der Waals surface area contributed by atoms with Crippen molar-refractivity contribution in [3.63, 3.8) is 0 Å². The van der Waals surface area contributed by atoms with Crippen molar-refractivity contribution in [1.82, 2.24) is 0 Å². The van der Waals surface area contributed by atoms with Gasteiger partial charge in [-0.05, 0) is 66.7 Å². The molecule has 0 radical (unpaired) electrons. The molecule has 0 saturated carbocycles. The molecule has 4 nitrogen and oxygen atoms in total. The quantitative estimate of drug-likeness (QED) is 0.385. The van der Waals surface area contributed by atoms with Gasteiger partial charge in [0.25, 0.3) is 10.0 Å². The minimum absolute atomic E-state index is 0.0116. The Morgan fingerprint density at radius 1 is 0.964 bits per heavy atom. The largest absolute Gasteiger partial charge is 0.337 e. The van der Waals surface area contributed by atoms with Crippen molar-refractivity contribution in [3.05, 3.63) is 93.4 Å². The summed E-state index contributed by atoms with van der Waals surface area (Å²) in [6.45, 7) is 0. The fourth-order valence-electron chi connectivity index (χ4n) is 2.25. The Kier molecular flexibility index (Phi) is 6.12. The molecule has 0 atom stereocenters. The predicted octanol–water partition coefficient (Wildman–Crippen LogP) is 5.63. The maximum Gasteiger partial charge on any atom is 0.284 e. The first-order valence-electron chi connectivity index (χ1n) is 7.83. The second-order valence-corrected chi connectivity index (χ2v) is 8.58. The van der Waals surface area contributed by atoms with Gasteiger partial charge in [-0.2, -0.15) is 8.42 Å². The Morgan fingerprint density at radius 3 is 2.21 bits per heavy atom. The number of hydrogen-bond acceptors (Lipinski definition) is 2. The van der Waals surface area contributed by atoms with Gasteiger partial charge in [0, 0.05) is 15.1 Å². The van der Waals surface area contributed by atoms with E-state index >= 15 is 0 Å². The molecule has 28 heavy (non-hydrogen) atoms. The number of hydrogen-bond donors (Lipinski definition) is 1. The molecular weight excluding hydrogens is 474 g/mol. The molecule has 0 aromatic heterocycles. The average Bonchev–Trinajstić information content (AvgIpc) is 2.64. The molecule has 0 aliphatic rings. The van der Waals surface area contributed by atoms with E-state index in [2.05, 4.69) is 25.6 Å². The number of sulfonamides is 1. The van der Waals surface area contributed by atoms with Gasteiger partial charge in [0.1, 0.15) is 11.6 Å². The van der Waals surface area contributed by atoms with Gasteiger partial charge >= 0.3 is 0 Å². The summed E-state index contributed by atoms with van der Waals surface area (Å²) in [5, 5.41) is 3.05. The topological polar surface area (TPSA) is 58.5 Å². The number of benzene rings is 3. The van der Waals surface area contributed by atoms with Crippen LogP contribution in [0.1, 0.15) is 5.56 Å². The summed E-state index contributed by atoms with van der Waals surface area (Å²) in [5.41, 5.74) is 0.277. The molecule has 0 aliphatic carbocycles. The number of anilines is 1. The highest BCUT2D eigenvalue weighted by molar-refractivity contribution is 9.10. The molecule has 9 heteroatoms. The molecule has 3 aromatic carbocycles. The van der Waals surface area contributed by atoms with Crippen LogP contribution < -0.4 is 5.32 Å². The molecule has 0 heterocycles. The van der Waals surface area contributed by atoms with Crippen LogP contribution in [-0.4, -0.2) is 14.3 Å². The number of amidine groups is 1. The lowest BCUT2D eigenvalue weighted by atomic mass is 10.2. The Hall–Kier alpha value is -2.29. The zero-order chi connectivity index (χ0) is 20.3. The third kappa shape index (κ3) is 4.95. The molecule has 144 valence electrons. The van der Waals surface area contributed by atoms with Gasteiger partial charge in [-0.3, -0.25) is 0 Å². The minimum Gasteiger partial charge on any atom is -0.337 e. The number of halogens is 4. The second kappa shape index (κ2) is 8.38. The van der Waals surface area contributed by atoms with Crippen LogP contribution in [-0.2, 0) is 10.0 Å². The van der Waals surface area contributed by atoms with Crippen LogP contribution >= 0.6 is 27.5 Å². The van der Waals surface area contributed by atoms with Crippen molar-refractivity contribution < 1.29 is 17.2 Å². The molecule has 0 bridgehead atoms. The smallest absolute Gasteiger partial charge is 0.284 e. The number of nitrogens with zero attached hydrogens (tertiary/aromatic N) is 1. The Labute approximate surface area is 174 Å². The molecule has 1 N–H and O–H groups in total. The first-order valence-corrected chi connectivity index (χ1v) is 10.4. The van der Waals surface area contributed by atoms with Crippen LogP contribution in [0.3, 0.4) is 0 Å². The fourth-order valence-corrected chi connectivity index (χ4v) is 3.69. The summed E-state index contributed by atoms with van der Waals surface area (Å²) in [5.74, 6) is -1.28. The highest BCUT2D eigenvalue weighted by Gasteiger charge is 2.17. The van der Waals surface area contributed by atoms with Crippen LogP contribution in [0.15, 0.2) is 80.5 Å². The van der Waals surface area contributed by atoms with Gasteiger partial charge in [0.2, 0.25) is 0 Å². The maximum absolute atomic E-state index is 14.2. The van der Waals surface area contributed by atoms with E-state index in [4.69, 9.17) is 11.6 Å². The number of nitrogens with one attached hydrogen (secondary N) is 1. The molecule has 3 rings (SSSR count). The Balaban J connectivity index is 2.08. The minimum atomic E-state index is -4.13. The second-order valence-electron chi connectivity index (χ2n) is 5.62. The highest BCUT2D eigenvalue weighted by atomic mass is 79.9. The molecule has 0 spiro atoms. The van der Waals surface area contributed by atoms with Crippen LogP contribution in [0, 0.1) is 11.6 Å². The molecule has 0 amide bonds. The van der Waals surface area contributed by atoms with Crippen molar-refractivity contribution >= 4 is 49.1 Å².